The van der Waals surface area contributed by atoms with Crippen LogP contribution in [0.15, 0.2) is 0 Å². The third kappa shape index (κ3) is 1.86. The smallest absolute Gasteiger partial charge is 0.220 e. The molecule has 1 N–H and O–H groups in total. The van der Waals surface area contributed by atoms with Gasteiger partial charge in [-0.3, -0.25) is 4.79 Å². The van der Waals surface area contributed by atoms with E-state index in [2.05, 4.69) is 26.1 Å². The largest absolute Gasteiger partial charge is 0.353 e. The fourth-order valence-corrected chi connectivity index (χ4v) is 7.15. The number of rotatable bonds is 0. The summed E-state index contributed by atoms with van der Waals surface area (Å²) >= 11 is 0. The maximum atomic E-state index is 11.9. The summed E-state index contributed by atoms with van der Waals surface area (Å²) in [5.41, 5.74) is 1.00. The van der Waals surface area contributed by atoms with Crippen molar-refractivity contribution in [3.63, 3.8) is 0 Å². The normalized spacial score (nSPS) is 56.1. The minimum atomic E-state index is 0.296. The van der Waals surface area contributed by atoms with E-state index in [0.717, 1.165) is 30.6 Å². The van der Waals surface area contributed by atoms with E-state index >= 15 is 0 Å². The number of nitrogens with one attached hydrogen (secondary N) is 1. The van der Waals surface area contributed by atoms with Crippen LogP contribution < -0.4 is 5.32 Å². The molecule has 1 heterocycles. The second kappa shape index (κ2) is 4.49. The topological polar surface area (TPSA) is 29.1 Å². The Bertz CT molecular complexity index is 460. The summed E-state index contributed by atoms with van der Waals surface area (Å²) in [6.45, 7) is 7.47. The highest BCUT2D eigenvalue weighted by Crippen LogP contribution is 2.64. The van der Waals surface area contributed by atoms with Gasteiger partial charge < -0.3 is 5.32 Å². The van der Waals surface area contributed by atoms with Crippen LogP contribution in [0.2, 0.25) is 0 Å². The molecule has 4 rings (SSSR count). The summed E-state index contributed by atoms with van der Waals surface area (Å²) < 4.78 is 0. The molecule has 2 heteroatoms. The Morgan fingerprint density at radius 1 is 1.10 bits per heavy atom. The summed E-state index contributed by atoms with van der Waals surface area (Å²) in [6.07, 6.45) is 10.5. The van der Waals surface area contributed by atoms with Crippen LogP contribution in [0.25, 0.3) is 0 Å². The first-order chi connectivity index (χ1) is 9.94. The van der Waals surface area contributed by atoms with Crippen LogP contribution in [0.4, 0.5) is 0 Å². The molecule has 1 aliphatic heterocycles. The van der Waals surface area contributed by atoms with E-state index in [1.807, 2.05) is 0 Å². The van der Waals surface area contributed by atoms with E-state index in [4.69, 9.17) is 0 Å². The zero-order valence-electron chi connectivity index (χ0n) is 14.0. The summed E-state index contributed by atoms with van der Waals surface area (Å²) in [7, 11) is 0. The highest BCUT2D eigenvalue weighted by Gasteiger charge is 2.59. The maximum Gasteiger partial charge on any atom is 0.220 e. The van der Waals surface area contributed by atoms with Crippen molar-refractivity contribution >= 4 is 5.91 Å². The lowest BCUT2D eigenvalue weighted by molar-refractivity contribution is -0.141. The van der Waals surface area contributed by atoms with Crippen molar-refractivity contribution in [2.45, 2.75) is 78.2 Å². The molecule has 1 amide bonds. The second-order valence-electron chi connectivity index (χ2n) is 9.23. The SMILES string of the molecule is CC1C[C@@H]2[C@@H](CC[C@]3(C)CCC[C@@H]23)[C@@]2(C)CCC(=O)NC12. The van der Waals surface area contributed by atoms with Crippen molar-refractivity contribution in [1.29, 1.82) is 0 Å². The second-order valence-corrected chi connectivity index (χ2v) is 9.23. The molecule has 0 bridgehead atoms. The molecule has 21 heavy (non-hydrogen) atoms. The summed E-state index contributed by atoms with van der Waals surface area (Å²) in [5.74, 6) is 3.70. The summed E-state index contributed by atoms with van der Waals surface area (Å²) in [4.78, 5) is 11.9. The Balaban J connectivity index is 1.68. The average molecular weight is 289 g/mol. The monoisotopic (exact) mass is 289 g/mol. The molecule has 3 saturated carbocycles. The molecule has 0 aromatic heterocycles. The minimum Gasteiger partial charge on any atom is -0.353 e. The quantitative estimate of drug-likeness (QED) is 0.713. The zero-order valence-corrected chi connectivity index (χ0v) is 14.0. The summed E-state index contributed by atoms with van der Waals surface area (Å²) in [6, 6.07) is 0.436. The summed E-state index contributed by atoms with van der Waals surface area (Å²) in [5, 5.41) is 3.37. The number of hydrogen-bond donors (Lipinski definition) is 1. The van der Waals surface area contributed by atoms with Gasteiger partial charge in [-0.1, -0.05) is 27.2 Å². The molecular weight excluding hydrogens is 258 g/mol. The first-order valence-electron chi connectivity index (χ1n) is 9.23. The molecule has 0 aromatic rings. The molecule has 2 nitrogen and oxygen atoms in total. The Morgan fingerprint density at radius 2 is 1.90 bits per heavy atom. The van der Waals surface area contributed by atoms with Gasteiger partial charge in [0.25, 0.3) is 0 Å². The van der Waals surface area contributed by atoms with Crippen LogP contribution >= 0.6 is 0 Å². The van der Waals surface area contributed by atoms with Gasteiger partial charge >= 0.3 is 0 Å². The van der Waals surface area contributed by atoms with Gasteiger partial charge in [-0.15, -0.1) is 0 Å². The van der Waals surface area contributed by atoms with Crippen molar-refractivity contribution in [3.05, 3.63) is 0 Å². The van der Waals surface area contributed by atoms with Crippen LogP contribution in [0.1, 0.15) is 72.1 Å². The lowest BCUT2D eigenvalue weighted by Gasteiger charge is -2.61. The molecule has 3 aliphatic carbocycles. The maximum absolute atomic E-state index is 11.9. The van der Waals surface area contributed by atoms with Crippen molar-refractivity contribution in [3.8, 4) is 0 Å². The minimum absolute atomic E-state index is 0.296. The van der Waals surface area contributed by atoms with Gasteiger partial charge in [0, 0.05) is 12.5 Å². The number of amides is 1. The van der Waals surface area contributed by atoms with Gasteiger partial charge in [-0.25, -0.2) is 0 Å². The third-order valence-corrected chi connectivity index (χ3v) is 8.20. The number of carbonyl (C=O) groups excluding carboxylic acids is 1. The fourth-order valence-electron chi connectivity index (χ4n) is 7.15. The Kier molecular flexibility index (Phi) is 3.01. The van der Waals surface area contributed by atoms with Gasteiger partial charge in [0.1, 0.15) is 0 Å². The van der Waals surface area contributed by atoms with Crippen LogP contribution in [0.3, 0.4) is 0 Å². The molecule has 1 saturated heterocycles. The van der Waals surface area contributed by atoms with Gasteiger partial charge in [0.15, 0.2) is 0 Å². The standard InChI is InChI=1S/C19H31NO/c1-12-11-13-14-5-4-8-18(14,2)9-6-15(13)19(3)10-7-16(21)20-17(12)19/h12-15,17H,4-11H2,1-3H3,(H,20,21)/t12?,13-,14-,15+,17?,18-,19+/m0/s1. The van der Waals surface area contributed by atoms with Crippen LogP contribution in [0, 0.1) is 34.5 Å². The van der Waals surface area contributed by atoms with Gasteiger partial charge in [0.2, 0.25) is 5.91 Å². The lowest BCUT2D eigenvalue weighted by Crippen LogP contribution is -2.63. The first kappa shape index (κ1) is 14.1. The molecule has 4 aliphatic rings. The van der Waals surface area contributed by atoms with Gasteiger partial charge in [-0.2, -0.15) is 0 Å². The van der Waals surface area contributed by atoms with Crippen LogP contribution in [-0.4, -0.2) is 11.9 Å². The van der Waals surface area contributed by atoms with Gasteiger partial charge in [0.05, 0.1) is 0 Å². The molecular formula is C19H31NO. The third-order valence-electron chi connectivity index (χ3n) is 8.20. The van der Waals surface area contributed by atoms with Crippen molar-refractivity contribution < 1.29 is 4.79 Å². The molecule has 0 aromatic carbocycles. The highest BCUT2D eigenvalue weighted by atomic mass is 16.1. The van der Waals surface area contributed by atoms with E-state index in [1.54, 1.807) is 0 Å². The molecule has 0 radical (unpaired) electrons. The van der Waals surface area contributed by atoms with Gasteiger partial charge in [-0.05, 0) is 73.0 Å². The molecule has 0 spiro atoms. The highest BCUT2D eigenvalue weighted by molar-refractivity contribution is 5.77. The molecule has 2 unspecified atom stereocenters. The lowest BCUT2D eigenvalue weighted by atomic mass is 9.46. The number of hydrogen-bond acceptors (Lipinski definition) is 1. The Morgan fingerprint density at radius 3 is 2.71 bits per heavy atom. The van der Waals surface area contributed by atoms with E-state index in [9.17, 15) is 4.79 Å². The van der Waals surface area contributed by atoms with Crippen LogP contribution in [-0.2, 0) is 4.79 Å². The molecule has 118 valence electrons. The van der Waals surface area contributed by atoms with Crippen molar-refractivity contribution in [2.24, 2.45) is 34.5 Å². The van der Waals surface area contributed by atoms with E-state index in [1.165, 1.54) is 38.5 Å². The predicted octanol–water partition coefficient (Wildman–Crippen LogP) is 4.14. The van der Waals surface area contributed by atoms with Crippen LogP contribution in [0.5, 0.6) is 0 Å². The molecule has 7 atom stereocenters. The van der Waals surface area contributed by atoms with Crippen molar-refractivity contribution in [2.75, 3.05) is 0 Å². The zero-order chi connectivity index (χ0) is 14.8. The average Bonchev–Trinajstić information content (AvgIpc) is 2.83. The number of fused-ring (bicyclic) bond motifs is 5. The first-order valence-corrected chi connectivity index (χ1v) is 9.23. The van der Waals surface area contributed by atoms with E-state index in [-0.39, 0.29) is 0 Å². The Hall–Kier alpha value is -0.530. The predicted molar refractivity (Wildman–Crippen MR) is 84.7 cm³/mol. The fraction of sp³-hybridized carbons (Fsp3) is 0.947. The van der Waals surface area contributed by atoms with E-state index < -0.39 is 0 Å². The number of piperidine rings is 1. The Labute approximate surface area is 129 Å². The van der Waals surface area contributed by atoms with E-state index in [0.29, 0.717) is 28.7 Å². The van der Waals surface area contributed by atoms with Crippen molar-refractivity contribution in [1.82, 2.24) is 5.32 Å². The molecule has 4 fully saturated rings. The number of carbonyl (C=O) groups is 1.